The Bertz CT molecular complexity index is 482. The molecule has 1 atom stereocenters. The van der Waals surface area contributed by atoms with E-state index in [0.717, 1.165) is 16.9 Å². The van der Waals surface area contributed by atoms with Gasteiger partial charge in [-0.15, -0.1) is 11.6 Å². The fourth-order valence-electron chi connectivity index (χ4n) is 1.79. The summed E-state index contributed by atoms with van der Waals surface area (Å²) in [7, 11) is 1.66. The lowest BCUT2D eigenvalue weighted by molar-refractivity contribution is 0.146. The maximum atomic E-state index is 6.45. The van der Waals surface area contributed by atoms with Crippen LogP contribution in [0.4, 0.5) is 0 Å². The summed E-state index contributed by atoms with van der Waals surface area (Å²) >= 11 is 6.45. The molecule has 100 valence electrons. The molecular formula is C16H17ClO2. The Morgan fingerprint density at radius 1 is 0.895 bits per heavy atom. The van der Waals surface area contributed by atoms with Gasteiger partial charge in [0.2, 0.25) is 0 Å². The van der Waals surface area contributed by atoms with Crippen LogP contribution in [-0.2, 0) is 4.74 Å². The Labute approximate surface area is 118 Å². The fourth-order valence-corrected chi connectivity index (χ4v) is 2.08. The first-order chi connectivity index (χ1) is 9.31. The van der Waals surface area contributed by atoms with Crippen molar-refractivity contribution in [2.45, 2.75) is 5.38 Å². The van der Waals surface area contributed by atoms with Crippen molar-refractivity contribution in [1.29, 1.82) is 0 Å². The van der Waals surface area contributed by atoms with E-state index in [1.807, 2.05) is 54.6 Å². The van der Waals surface area contributed by atoms with E-state index in [4.69, 9.17) is 21.1 Å². The molecule has 3 heteroatoms. The second-order valence-electron chi connectivity index (χ2n) is 4.18. The number of rotatable bonds is 6. The predicted molar refractivity (Wildman–Crippen MR) is 78.0 cm³/mol. The second-order valence-corrected chi connectivity index (χ2v) is 4.62. The predicted octanol–water partition coefficient (Wildman–Crippen LogP) is 4.04. The molecule has 2 aromatic rings. The van der Waals surface area contributed by atoms with Crippen LogP contribution < -0.4 is 4.74 Å². The van der Waals surface area contributed by atoms with Crippen LogP contribution in [0.25, 0.3) is 0 Å². The lowest BCUT2D eigenvalue weighted by atomic mass is 10.0. The number of halogens is 1. The van der Waals surface area contributed by atoms with Crippen LogP contribution in [0.1, 0.15) is 16.5 Å². The number of benzene rings is 2. The fraction of sp³-hybridized carbons (Fsp3) is 0.250. The molecule has 0 aromatic heterocycles. The van der Waals surface area contributed by atoms with Gasteiger partial charge in [-0.25, -0.2) is 0 Å². The number of hydrogen-bond acceptors (Lipinski definition) is 2. The molecule has 0 saturated carbocycles. The highest BCUT2D eigenvalue weighted by molar-refractivity contribution is 6.22. The third-order valence-corrected chi connectivity index (χ3v) is 3.33. The van der Waals surface area contributed by atoms with E-state index < -0.39 is 0 Å². The highest BCUT2D eigenvalue weighted by Gasteiger charge is 2.09. The Kier molecular flexibility index (Phi) is 5.25. The number of hydrogen-bond donors (Lipinski definition) is 0. The molecule has 2 aromatic carbocycles. The van der Waals surface area contributed by atoms with Crippen LogP contribution in [0.5, 0.6) is 5.75 Å². The number of methoxy groups -OCH3 is 1. The lowest BCUT2D eigenvalue weighted by Gasteiger charge is -2.11. The molecule has 0 spiro atoms. The molecule has 0 radical (unpaired) electrons. The van der Waals surface area contributed by atoms with Gasteiger partial charge in [0.05, 0.1) is 12.0 Å². The zero-order chi connectivity index (χ0) is 13.5. The van der Waals surface area contributed by atoms with Crippen molar-refractivity contribution in [3.05, 3.63) is 65.7 Å². The molecule has 0 aliphatic rings. The second kappa shape index (κ2) is 7.17. The molecule has 1 unspecified atom stereocenters. The lowest BCUT2D eigenvalue weighted by Crippen LogP contribution is -2.04. The van der Waals surface area contributed by atoms with E-state index >= 15 is 0 Å². The molecule has 0 N–H and O–H groups in total. The SMILES string of the molecule is COCCOc1ccc(C(Cl)c2ccccc2)cc1. The minimum Gasteiger partial charge on any atom is -0.491 e. The van der Waals surface area contributed by atoms with E-state index in [1.165, 1.54) is 0 Å². The maximum absolute atomic E-state index is 6.45. The van der Waals surface area contributed by atoms with Crippen molar-refractivity contribution in [3.8, 4) is 5.75 Å². The van der Waals surface area contributed by atoms with Gasteiger partial charge in [-0.3, -0.25) is 0 Å². The zero-order valence-electron chi connectivity index (χ0n) is 10.9. The molecule has 0 bridgehead atoms. The van der Waals surface area contributed by atoms with E-state index in [9.17, 15) is 0 Å². The summed E-state index contributed by atoms with van der Waals surface area (Å²) in [5.41, 5.74) is 2.16. The molecule has 0 saturated heterocycles. The monoisotopic (exact) mass is 276 g/mol. The summed E-state index contributed by atoms with van der Waals surface area (Å²) in [5, 5.41) is -0.130. The molecule has 2 rings (SSSR count). The van der Waals surface area contributed by atoms with Gasteiger partial charge in [-0.1, -0.05) is 42.5 Å². The van der Waals surface area contributed by atoms with E-state index in [1.54, 1.807) is 7.11 Å². The van der Waals surface area contributed by atoms with Crippen molar-refractivity contribution in [2.24, 2.45) is 0 Å². The molecule has 0 amide bonds. The summed E-state index contributed by atoms with van der Waals surface area (Å²) in [5.74, 6) is 0.831. The quantitative estimate of drug-likeness (QED) is 0.586. The summed E-state index contributed by atoms with van der Waals surface area (Å²) in [6, 6.07) is 17.9. The first-order valence-electron chi connectivity index (χ1n) is 6.22. The minimum atomic E-state index is -0.130. The van der Waals surface area contributed by atoms with Crippen LogP contribution in [0.3, 0.4) is 0 Å². The van der Waals surface area contributed by atoms with Gasteiger partial charge in [0.1, 0.15) is 12.4 Å². The normalized spacial score (nSPS) is 12.1. The number of ether oxygens (including phenoxy) is 2. The van der Waals surface area contributed by atoms with Crippen LogP contribution in [0, 0.1) is 0 Å². The van der Waals surface area contributed by atoms with Crippen LogP contribution in [0.15, 0.2) is 54.6 Å². The third kappa shape index (κ3) is 3.98. The molecule has 2 nitrogen and oxygen atoms in total. The summed E-state index contributed by atoms with van der Waals surface area (Å²) in [4.78, 5) is 0. The molecule has 0 aliphatic heterocycles. The Hall–Kier alpha value is -1.51. The summed E-state index contributed by atoms with van der Waals surface area (Å²) < 4.78 is 10.5. The Balaban J connectivity index is 2.02. The average Bonchev–Trinajstić information content (AvgIpc) is 2.48. The van der Waals surface area contributed by atoms with E-state index in [0.29, 0.717) is 13.2 Å². The third-order valence-electron chi connectivity index (χ3n) is 2.82. The topological polar surface area (TPSA) is 18.5 Å². The smallest absolute Gasteiger partial charge is 0.119 e. The van der Waals surface area contributed by atoms with Crippen molar-refractivity contribution < 1.29 is 9.47 Å². The summed E-state index contributed by atoms with van der Waals surface area (Å²) in [6.45, 7) is 1.14. The largest absolute Gasteiger partial charge is 0.491 e. The molecule has 0 aliphatic carbocycles. The van der Waals surface area contributed by atoms with Gasteiger partial charge in [0.15, 0.2) is 0 Å². The Morgan fingerprint density at radius 2 is 1.53 bits per heavy atom. The molecular weight excluding hydrogens is 260 g/mol. The average molecular weight is 277 g/mol. The highest BCUT2D eigenvalue weighted by Crippen LogP contribution is 2.29. The first-order valence-corrected chi connectivity index (χ1v) is 6.65. The van der Waals surface area contributed by atoms with Gasteiger partial charge >= 0.3 is 0 Å². The van der Waals surface area contributed by atoms with Gasteiger partial charge in [0, 0.05) is 7.11 Å². The van der Waals surface area contributed by atoms with Gasteiger partial charge in [-0.2, -0.15) is 0 Å². The van der Waals surface area contributed by atoms with Crippen LogP contribution in [-0.4, -0.2) is 20.3 Å². The molecule has 19 heavy (non-hydrogen) atoms. The van der Waals surface area contributed by atoms with Crippen LogP contribution in [0.2, 0.25) is 0 Å². The van der Waals surface area contributed by atoms with Crippen LogP contribution >= 0.6 is 11.6 Å². The minimum absolute atomic E-state index is 0.130. The number of alkyl halides is 1. The van der Waals surface area contributed by atoms with Gasteiger partial charge in [-0.05, 0) is 23.3 Å². The molecule has 0 heterocycles. The first kappa shape index (κ1) is 13.9. The van der Waals surface area contributed by atoms with E-state index in [-0.39, 0.29) is 5.38 Å². The standard InChI is InChI=1S/C16H17ClO2/c1-18-11-12-19-15-9-7-14(8-10-15)16(17)13-5-3-2-4-6-13/h2-10,16H,11-12H2,1H3. The molecule has 0 fully saturated rings. The van der Waals surface area contributed by atoms with Crippen molar-refractivity contribution in [2.75, 3.05) is 20.3 Å². The Morgan fingerprint density at radius 3 is 2.16 bits per heavy atom. The zero-order valence-corrected chi connectivity index (χ0v) is 11.6. The van der Waals surface area contributed by atoms with Crippen molar-refractivity contribution in [3.63, 3.8) is 0 Å². The highest BCUT2D eigenvalue weighted by atomic mass is 35.5. The summed E-state index contributed by atoms with van der Waals surface area (Å²) in [6.07, 6.45) is 0. The van der Waals surface area contributed by atoms with Crippen molar-refractivity contribution >= 4 is 11.6 Å². The maximum Gasteiger partial charge on any atom is 0.119 e. The van der Waals surface area contributed by atoms with Crippen molar-refractivity contribution in [1.82, 2.24) is 0 Å². The van der Waals surface area contributed by atoms with Gasteiger partial charge < -0.3 is 9.47 Å². The van der Waals surface area contributed by atoms with Gasteiger partial charge in [0.25, 0.3) is 0 Å². The van der Waals surface area contributed by atoms with E-state index in [2.05, 4.69) is 0 Å².